The van der Waals surface area contributed by atoms with E-state index in [0.717, 1.165) is 11.3 Å². The Kier molecular flexibility index (Phi) is 9.59. The fourth-order valence-corrected chi connectivity index (χ4v) is 5.40. The summed E-state index contributed by atoms with van der Waals surface area (Å²) in [5.41, 5.74) is 1.11. The van der Waals surface area contributed by atoms with E-state index in [4.69, 9.17) is 16.9 Å². The summed E-state index contributed by atoms with van der Waals surface area (Å²) >= 11 is 5.96. The quantitative estimate of drug-likeness (QED) is 0.320. The van der Waals surface area contributed by atoms with Gasteiger partial charge in [0.1, 0.15) is 6.42 Å². The lowest BCUT2D eigenvalue weighted by Crippen LogP contribution is -2.50. The van der Waals surface area contributed by atoms with Crippen molar-refractivity contribution in [2.24, 2.45) is 5.41 Å². The van der Waals surface area contributed by atoms with Crippen LogP contribution < -0.4 is 5.32 Å². The monoisotopic (exact) mass is 630 g/mol. The number of hydrogen-bond acceptors (Lipinski definition) is 5. The molecule has 1 N–H and O–H groups in total. The lowest BCUT2D eigenvalue weighted by molar-refractivity contribution is -0.190. The third kappa shape index (κ3) is 7.33. The summed E-state index contributed by atoms with van der Waals surface area (Å²) < 4.78 is 42.5. The third-order valence-electron chi connectivity index (χ3n) is 8.04. The third-order valence-corrected chi connectivity index (χ3v) is 8.29. The van der Waals surface area contributed by atoms with Crippen LogP contribution in [0.5, 0.6) is 0 Å². The van der Waals surface area contributed by atoms with Crippen LogP contribution in [0.15, 0.2) is 42.5 Å². The molecule has 0 saturated carbocycles. The Morgan fingerprint density at radius 3 is 2.45 bits per heavy atom. The van der Waals surface area contributed by atoms with E-state index in [0.29, 0.717) is 40.1 Å². The first-order chi connectivity index (χ1) is 20.6. The Morgan fingerprint density at radius 2 is 1.84 bits per heavy atom. The molecule has 0 radical (unpaired) electrons. The zero-order valence-corrected chi connectivity index (χ0v) is 25.7. The van der Waals surface area contributed by atoms with E-state index >= 15 is 0 Å². The van der Waals surface area contributed by atoms with E-state index in [-0.39, 0.29) is 37.4 Å². The van der Waals surface area contributed by atoms with Crippen molar-refractivity contribution in [1.29, 1.82) is 5.26 Å². The van der Waals surface area contributed by atoms with Crippen LogP contribution in [-0.4, -0.2) is 61.9 Å². The number of nitriles is 1. The number of carbonyl (C=O) groups is 3. The average molecular weight is 631 g/mol. The molecule has 0 aliphatic carbocycles. The Hall–Kier alpha value is -4.11. The summed E-state index contributed by atoms with van der Waals surface area (Å²) in [6.07, 6.45) is -3.86. The number of fused-ring (bicyclic) bond motifs is 1. The Labute approximate surface area is 258 Å². The molecule has 2 atom stereocenters. The van der Waals surface area contributed by atoms with Crippen molar-refractivity contribution in [3.8, 4) is 6.07 Å². The second kappa shape index (κ2) is 12.9. The number of nitrogens with zero attached hydrogens (tertiary/aromatic N) is 5. The Morgan fingerprint density at radius 1 is 1.16 bits per heavy atom. The predicted molar refractivity (Wildman–Crippen MR) is 160 cm³/mol. The van der Waals surface area contributed by atoms with Gasteiger partial charge in [0, 0.05) is 42.3 Å². The number of carbonyl (C=O) groups excluding carboxylic acids is 3. The number of nitrogens with one attached hydrogen (secondary N) is 1. The topological polar surface area (TPSA) is 111 Å². The summed E-state index contributed by atoms with van der Waals surface area (Å²) in [5.74, 6) is -2.48. The summed E-state index contributed by atoms with van der Waals surface area (Å²) in [4.78, 5) is 45.3. The molecule has 1 unspecified atom stereocenters. The van der Waals surface area contributed by atoms with Gasteiger partial charge in [-0.3, -0.25) is 19.7 Å². The molecular weight excluding hydrogens is 597 g/mol. The minimum atomic E-state index is -5.04. The minimum Gasteiger partial charge on any atom is -0.337 e. The van der Waals surface area contributed by atoms with Crippen LogP contribution >= 0.6 is 11.6 Å². The SMILES string of the molecule is C[C@H](N(Cc1ccc2c(c1)nc(NC(=O)c1ccc(Cl)cc1)n2CC1CCCN1C(=O)CC#N)C(=O)C(F)(F)F)C(C)(C)C. The lowest BCUT2D eigenvalue weighted by Gasteiger charge is -2.38. The second-order valence-corrected chi connectivity index (χ2v) is 12.5. The molecule has 2 aromatic carbocycles. The molecule has 1 aliphatic rings. The van der Waals surface area contributed by atoms with Gasteiger partial charge in [0.15, 0.2) is 0 Å². The number of alkyl halides is 3. The van der Waals surface area contributed by atoms with Gasteiger partial charge in [-0.25, -0.2) is 4.98 Å². The molecule has 0 bridgehead atoms. The van der Waals surface area contributed by atoms with Gasteiger partial charge in [-0.2, -0.15) is 18.4 Å². The van der Waals surface area contributed by atoms with E-state index < -0.39 is 29.4 Å². The fraction of sp³-hybridized carbons (Fsp3) is 0.452. The standard InChI is InChI=1S/C31H34ClF3N6O3/c1-19(30(2,3)4)40(28(44)31(33,34)35)17-20-7-12-25-24(16-20)37-29(38-27(43)21-8-10-22(32)11-9-21)41(25)18-23-6-5-15-39(23)26(42)13-14-36/h7-12,16,19,23H,5-6,13,15,17-18H2,1-4H3,(H,37,38,43)/t19-,23?/m0/s1. The van der Waals surface area contributed by atoms with Gasteiger partial charge in [-0.05, 0) is 67.1 Å². The normalized spacial score (nSPS) is 16.1. The van der Waals surface area contributed by atoms with Crippen molar-refractivity contribution in [1.82, 2.24) is 19.4 Å². The lowest BCUT2D eigenvalue weighted by atomic mass is 9.86. The molecule has 4 rings (SSSR count). The molecule has 13 heteroatoms. The number of benzene rings is 2. The average Bonchev–Trinajstić information content (AvgIpc) is 3.55. The first-order valence-corrected chi connectivity index (χ1v) is 14.6. The molecule has 1 fully saturated rings. The highest BCUT2D eigenvalue weighted by Gasteiger charge is 2.45. The maximum absolute atomic E-state index is 13.6. The van der Waals surface area contributed by atoms with Crippen molar-refractivity contribution >= 4 is 46.3 Å². The van der Waals surface area contributed by atoms with Gasteiger partial charge >= 0.3 is 12.1 Å². The van der Waals surface area contributed by atoms with Crippen molar-refractivity contribution in [3.05, 3.63) is 58.6 Å². The maximum atomic E-state index is 13.6. The highest BCUT2D eigenvalue weighted by molar-refractivity contribution is 6.30. The van der Waals surface area contributed by atoms with Gasteiger partial charge in [0.2, 0.25) is 11.9 Å². The molecule has 1 saturated heterocycles. The van der Waals surface area contributed by atoms with E-state index in [2.05, 4.69) is 10.3 Å². The van der Waals surface area contributed by atoms with E-state index in [1.807, 2.05) is 6.07 Å². The van der Waals surface area contributed by atoms with E-state index in [1.54, 1.807) is 79.6 Å². The number of hydrogen-bond donors (Lipinski definition) is 1. The number of aromatic nitrogens is 2. The first kappa shape index (κ1) is 32.8. The smallest absolute Gasteiger partial charge is 0.337 e. The first-order valence-electron chi connectivity index (χ1n) is 14.2. The number of anilines is 1. The Bertz CT molecular complexity index is 1590. The minimum absolute atomic E-state index is 0.183. The Balaban J connectivity index is 1.73. The zero-order valence-electron chi connectivity index (χ0n) is 24.9. The molecule has 234 valence electrons. The van der Waals surface area contributed by atoms with Crippen LogP contribution in [0.25, 0.3) is 11.0 Å². The molecule has 2 heterocycles. The summed E-state index contributed by atoms with van der Waals surface area (Å²) in [6.45, 7) is 7.35. The van der Waals surface area contributed by atoms with E-state index in [9.17, 15) is 27.6 Å². The second-order valence-electron chi connectivity index (χ2n) is 12.0. The number of halogens is 4. The van der Waals surface area contributed by atoms with Crippen molar-refractivity contribution in [3.63, 3.8) is 0 Å². The summed E-state index contributed by atoms with van der Waals surface area (Å²) in [7, 11) is 0. The van der Waals surface area contributed by atoms with Gasteiger partial charge in [0.05, 0.1) is 17.1 Å². The van der Waals surface area contributed by atoms with Crippen LogP contribution in [0.2, 0.25) is 5.02 Å². The molecule has 44 heavy (non-hydrogen) atoms. The fourth-order valence-electron chi connectivity index (χ4n) is 5.27. The number of rotatable bonds is 8. The van der Waals surface area contributed by atoms with E-state index in [1.165, 1.54) is 0 Å². The molecule has 1 aromatic heterocycles. The van der Waals surface area contributed by atoms with Crippen molar-refractivity contribution in [2.75, 3.05) is 11.9 Å². The summed E-state index contributed by atoms with van der Waals surface area (Å²) in [6, 6.07) is 12.1. The highest BCUT2D eigenvalue weighted by atomic mass is 35.5. The van der Waals surface area contributed by atoms with Gasteiger partial charge < -0.3 is 14.4 Å². The van der Waals surface area contributed by atoms with Crippen LogP contribution in [0.4, 0.5) is 19.1 Å². The summed E-state index contributed by atoms with van der Waals surface area (Å²) in [5, 5.41) is 12.3. The van der Waals surface area contributed by atoms with Crippen LogP contribution in [0.3, 0.4) is 0 Å². The van der Waals surface area contributed by atoms with Crippen LogP contribution in [0.1, 0.15) is 62.9 Å². The molecule has 3 aromatic rings. The molecule has 9 nitrogen and oxygen atoms in total. The van der Waals surface area contributed by atoms with Crippen LogP contribution in [-0.2, 0) is 22.7 Å². The molecular formula is C31H34ClF3N6O3. The predicted octanol–water partition coefficient (Wildman–Crippen LogP) is 6.17. The van der Waals surface area contributed by atoms with Crippen molar-refractivity contribution < 1.29 is 27.6 Å². The van der Waals surface area contributed by atoms with Gasteiger partial charge in [0.25, 0.3) is 5.91 Å². The van der Waals surface area contributed by atoms with Gasteiger partial charge in [-0.1, -0.05) is 38.4 Å². The van der Waals surface area contributed by atoms with Gasteiger partial charge in [-0.15, -0.1) is 0 Å². The molecule has 1 aliphatic heterocycles. The largest absolute Gasteiger partial charge is 0.471 e. The molecule has 0 spiro atoms. The number of amides is 3. The molecule has 3 amide bonds. The zero-order chi connectivity index (χ0) is 32.4. The van der Waals surface area contributed by atoms with Crippen molar-refractivity contribution in [2.45, 2.75) is 78.3 Å². The number of likely N-dealkylation sites (tertiary alicyclic amines) is 1. The van der Waals surface area contributed by atoms with Crippen LogP contribution in [0, 0.1) is 16.7 Å². The maximum Gasteiger partial charge on any atom is 0.471 e. The number of imidazole rings is 1. The highest BCUT2D eigenvalue weighted by Crippen LogP contribution is 2.31.